The molecule has 0 spiro atoms. The van der Waals surface area contributed by atoms with E-state index in [1.807, 2.05) is 79.5 Å². The third kappa shape index (κ3) is 6.65. The molecule has 0 aromatic carbocycles. The Kier molecular flexibility index (Phi) is 8.64. The number of hydrogen-bond donors (Lipinski definition) is 0. The maximum absolute atomic E-state index is 13.8. The molecule has 0 aliphatic heterocycles. The van der Waals surface area contributed by atoms with Crippen LogP contribution < -0.4 is 0 Å². The highest BCUT2D eigenvalue weighted by Crippen LogP contribution is 2.61. The number of hydrogen-bond acceptors (Lipinski definition) is 6. The fourth-order valence-electron chi connectivity index (χ4n) is 2.94. The minimum Gasteiger partial charge on any atom is -0.308 e. The molecule has 0 bridgehead atoms. The van der Waals surface area contributed by atoms with Crippen LogP contribution in [0.4, 0.5) is 0 Å². The predicted molar refractivity (Wildman–Crippen MR) is 109 cm³/mol. The van der Waals surface area contributed by atoms with Gasteiger partial charge in [0.25, 0.3) is 0 Å². The zero-order valence-corrected chi connectivity index (χ0v) is 19.2. The van der Waals surface area contributed by atoms with Crippen molar-refractivity contribution in [2.24, 2.45) is 5.41 Å². The largest absolute Gasteiger partial charge is 0.350 e. The zero-order valence-electron chi connectivity index (χ0n) is 18.4. The summed E-state index contributed by atoms with van der Waals surface area (Å²) in [4.78, 5) is 10.5. The molecule has 2 atom stereocenters. The van der Waals surface area contributed by atoms with Crippen molar-refractivity contribution in [2.75, 3.05) is 13.2 Å². The van der Waals surface area contributed by atoms with Gasteiger partial charge in [0.15, 0.2) is 0 Å². The molecule has 7 heteroatoms. The van der Waals surface area contributed by atoms with Gasteiger partial charge in [-0.05, 0) is 64.7 Å². The molecule has 0 aliphatic rings. The average molecular weight is 401 g/mol. The summed E-state index contributed by atoms with van der Waals surface area (Å²) in [6, 6.07) is 3.84. The zero-order chi connectivity index (χ0) is 20.9. The van der Waals surface area contributed by atoms with Crippen LogP contribution in [0.2, 0.25) is 0 Å². The van der Waals surface area contributed by atoms with Crippen molar-refractivity contribution in [2.45, 2.75) is 79.7 Å². The molecular formula is C20H37N2O4P. The van der Waals surface area contributed by atoms with E-state index >= 15 is 0 Å². The van der Waals surface area contributed by atoms with Crippen LogP contribution in [-0.4, -0.2) is 34.6 Å². The van der Waals surface area contributed by atoms with E-state index in [1.165, 1.54) is 0 Å². The van der Waals surface area contributed by atoms with Crippen LogP contribution in [-0.2, 0) is 18.5 Å². The van der Waals surface area contributed by atoms with Crippen molar-refractivity contribution in [3.8, 4) is 0 Å². The summed E-state index contributed by atoms with van der Waals surface area (Å²) in [5.74, 6) is -0.575. The van der Waals surface area contributed by atoms with E-state index in [0.29, 0.717) is 13.2 Å². The summed E-state index contributed by atoms with van der Waals surface area (Å²) in [6.07, 6.45) is 3.24. The first kappa shape index (κ1) is 24.3. The second kappa shape index (κ2) is 9.62. The number of aromatic nitrogens is 1. The number of pyridine rings is 1. The van der Waals surface area contributed by atoms with E-state index in [-0.39, 0.29) is 6.10 Å². The van der Waals surface area contributed by atoms with Crippen molar-refractivity contribution < 1.29 is 18.5 Å². The van der Waals surface area contributed by atoms with Crippen LogP contribution in [0.15, 0.2) is 24.5 Å². The van der Waals surface area contributed by atoms with Crippen molar-refractivity contribution in [3.05, 3.63) is 30.1 Å². The molecule has 0 saturated carbocycles. The number of nitrogens with zero attached hydrogens (tertiary/aromatic N) is 2. The Morgan fingerprint density at radius 1 is 1.04 bits per heavy atom. The van der Waals surface area contributed by atoms with Crippen LogP contribution in [0.3, 0.4) is 0 Å². The molecule has 6 nitrogen and oxygen atoms in total. The Hall–Kier alpha value is -0.780. The van der Waals surface area contributed by atoms with Gasteiger partial charge >= 0.3 is 7.60 Å². The van der Waals surface area contributed by atoms with E-state index in [0.717, 1.165) is 5.56 Å². The summed E-state index contributed by atoms with van der Waals surface area (Å²) >= 11 is 0. The lowest BCUT2D eigenvalue weighted by Crippen LogP contribution is -2.53. The maximum Gasteiger partial charge on any atom is 0.350 e. The molecule has 27 heavy (non-hydrogen) atoms. The quantitative estimate of drug-likeness (QED) is 0.385. The Balaban J connectivity index is 3.39. The van der Waals surface area contributed by atoms with Gasteiger partial charge in [-0.25, -0.2) is 0 Å². The predicted octanol–water partition coefficient (Wildman–Crippen LogP) is 5.81. The number of rotatable bonds is 9. The highest BCUT2D eigenvalue weighted by molar-refractivity contribution is 7.54. The standard InChI is InChI=1S/C20H37N2O4P/c1-10-24-27(23,25-11-2)18(19(4,5)6)22(20(7,8)9)26-16(3)17-12-14-21-15-13-17/h12-16,18H,10-11H2,1-9H3. The van der Waals surface area contributed by atoms with Crippen LogP contribution in [0.5, 0.6) is 0 Å². The van der Waals surface area contributed by atoms with Crippen LogP contribution in [0.25, 0.3) is 0 Å². The van der Waals surface area contributed by atoms with Gasteiger partial charge in [-0.15, -0.1) is 0 Å². The third-order valence-corrected chi connectivity index (χ3v) is 6.84. The van der Waals surface area contributed by atoms with Gasteiger partial charge in [0.1, 0.15) is 11.9 Å². The van der Waals surface area contributed by atoms with E-state index in [2.05, 4.69) is 4.98 Å². The molecule has 156 valence electrons. The van der Waals surface area contributed by atoms with Crippen molar-refractivity contribution in [1.29, 1.82) is 0 Å². The topological polar surface area (TPSA) is 60.9 Å². The first-order chi connectivity index (χ1) is 12.4. The SMILES string of the molecule is CCOP(=O)(OCC)C(N(OC(C)c1ccncc1)C(C)(C)C)C(C)(C)C. The van der Waals surface area contributed by atoms with Crippen LogP contribution in [0.1, 0.15) is 74.0 Å². The molecule has 0 amide bonds. The smallest absolute Gasteiger partial charge is 0.308 e. The monoisotopic (exact) mass is 400 g/mol. The number of hydroxylamine groups is 2. The van der Waals surface area contributed by atoms with E-state index in [1.54, 1.807) is 12.4 Å². The molecule has 1 rings (SSSR count). The van der Waals surface area contributed by atoms with Gasteiger partial charge in [-0.2, -0.15) is 5.06 Å². The summed E-state index contributed by atoms with van der Waals surface area (Å²) in [5, 5.41) is 1.81. The lowest BCUT2D eigenvalue weighted by atomic mass is 9.94. The van der Waals surface area contributed by atoms with Crippen molar-refractivity contribution >= 4 is 7.60 Å². The third-order valence-electron chi connectivity index (χ3n) is 4.02. The minimum absolute atomic E-state index is 0.242. The Morgan fingerprint density at radius 3 is 1.89 bits per heavy atom. The van der Waals surface area contributed by atoms with E-state index < -0.39 is 24.3 Å². The summed E-state index contributed by atoms with van der Waals surface area (Å²) in [5.41, 5.74) is 0.156. The summed E-state index contributed by atoms with van der Waals surface area (Å²) < 4.78 is 25.2. The van der Waals surface area contributed by atoms with Gasteiger partial charge in [0.05, 0.1) is 13.2 Å². The molecule has 0 aliphatic carbocycles. The molecule has 0 fully saturated rings. The molecule has 1 heterocycles. The molecule has 2 unspecified atom stereocenters. The molecular weight excluding hydrogens is 363 g/mol. The second-order valence-corrected chi connectivity index (χ2v) is 10.7. The van der Waals surface area contributed by atoms with Gasteiger partial charge in [-0.3, -0.25) is 14.4 Å². The summed E-state index contributed by atoms with van der Waals surface area (Å²) in [6.45, 7) is 18.4. The minimum atomic E-state index is -3.46. The van der Waals surface area contributed by atoms with Gasteiger partial charge < -0.3 is 9.05 Å². The molecule has 0 N–H and O–H groups in total. The molecule has 1 aromatic rings. The van der Waals surface area contributed by atoms with Gasteiger partial charge in [0.2, 0.25) is 0 Å². The molecule has 1 aromatic heterocycles. The Bertz CT molecular complexity index is 601. The van der Waals surface area contributed by atoms with Crippen molar-refractivity contribution in [1.82, 2.24) is 10.0 Å². The lowest BCUT2D eigenvalue weighted by molar-refractivity contribution is -0.264. The Morgan fingerprint density at radius 2 is 1.52 bits per heavy atom. The van der Waals surface area contributed by atoms with E-state index in [4.69, 9.17) is 13.9 Å². The van der Waals surface area contributed by atoms with Crippen LogP contribution >= 0.6 is 7.60 Å². The first-order valence-electron chi connectivity index (χ1n) is 9.61. The first-order valence-corrected chi connectivity index (χ1v) is 11.2. The summed E-state index contributed by atoms with van der Waals surface area (Å²) in [7, 11) is -3.46. The van der Waals surface area contributed by atoms with Crippen molar-refractivity contribution in [3.63, 3.8) is 0 Å². The fraction of sp³-hybridized carbons (Fsp3) is 0.750. The second-order valence-electron chi connectivity index (χ2n) is 8.64. The highest BCUT2D eigenvalue weighted by atomic mass is 31.2. The van der Waals surface area contributed by atoms with E-state index in [9.17, 15) is 4.57 Å². The molecule has 0 saturated heterocycles. The molecule has 0 radical (unpaired) electrons. The lowest BCUT2D eigenvalue weighted by Gasteiger charge is -2.48. The fourth-order valence-corrected chi connectivity index (χ4v) is 5.62. The normalized spacial score (nSPS) is 15.8. The highest BCUT2D eigenvalue weighted by Gasteiger charge is 2.51. The van der Waals surface area contributed by atoms with Crippen LogP contribution in [0, 0.1) is 5.41 Å². The average Bonchev–Trinajstić information content (AvgIpc) is 2.53. The van der Waals surface area contributed by atoms with Gasteiger partial charge in [0, 0.05) is 17.9 Å². The maximum atomic E-state index is 13.8. The van der Waals surface area contributed by atoms with Gasteiger partial charge in [-0.1, -0.05) is 20.8 Å². The Labute approximate surface area is 165 Å².